The van der Waals surface area contributed by atoms with Crippen LogP contribution in [-0.4, -0.2) is 11.9 Å². The SMILES string of the molecule is O=C(NC1CCCCC1)C(c1ccc(Cl)cc1)C(C=C(Cl)Cl)c1ccc(Cl)cc1. The van der Waals surface area contributed by atoms with Crippen molar-refractivity contribution in [3.05, 3.63) is 80.3 Å². The van der Waals surface area contributed by atoms with Crippen LogP contribution in [0.4, 0.5) is 0 Å². The third-order valence-corrected chi connectivity index (χ3v) is 6.14. The van der Waals surface area contributed by atoms with Crippen molar-refractivity contribution in [3.63, 3.8) is 0 Å². The Hall–Kier alpha value is -1.19. The molecular formula is C23H23Cl4NO. The number of hydrogen-bond acceptors (Lipinski definition) is 1. The molecule has 1 N–H and O–H groups in total. The third kappa shape index (κ3) is 6.39. The van der Waals surface area contributed by atoms with E-state index in [0.717, 1.165) is 36.8 Å². The van der Waals surface area contributed by atoms with Gasteiger partial charge >= 0.3 is 0 Å². The number of allylic oxidation sites excluding steroid dienone is 1. The predicted octanol–water partition coefficient (Wildman–Crippen LogP) is 7.63. The van der Waals surface area contributed by atoms with E-state index in [1.807, 2.05) is 24.3 Å². The zero-order valence-electron chi connectivity index (χ0n) is 15.9. The second-order valence-electron chi connectivity index (χ2n) is 7.41. The first kappa shape index (κ1) is 22.5. The molecule has 1 fully saturated rings. The van der Waals surface area contributed by atoms with E-state index in [4.69, 9.17) is 46.4 Å². The largest absolute Gasteiger partial charge is 0.353 e. The number of nitrogens with one attached hydrogen (secondary N) is 1. The molecule has 6 heteroatoms. The highest BCUT2D eigenvalue weighted by molar-refractivity contribution is 6.55. The van der Waals surface area contributed by atoms with Gasteiger partial charge in [-0.2, -0.15) is 0 Å². The molecule has 1 amide bonds. The summed E-state index contributed by atoms with van der Waals surface area (Å²) in [5, 5.41) is 4.50. The summed E-state index contributed by atoms with van der Waals surface area (Å²) >= 11 is 24.3. The maximum Gasteiger partial charge on any atom is 0.228 e. The minimum absolute atomic E-state index is 0.0370. The summed E-state index contributed by atoms with van der Waals surface area (Å²) in [6, 6.07) is 15.0. The van der Waals surface area contributed by atoms with E-state index in [9.17, 15) is 4.79 Å². The number of benzene rings is 2. The van der Waals surface area contributed by atoms with Crippen LogP contribution in [-0.2, 0) is 4.79 Å². The molecule has 1 aliphatic rings. The van der Waals surface area contributed by atoms with Gasteiger partial charge in [-0.3, -0.25) is 4.79 Å². The van der Waals surface area contributed by atoms with Crippen LogP contribution >= 0.6 is 46.4 Å². The van der Waals surface area contributed by atoms with Gasteiger partial charge in [0.15, 0.2) is 0 Å². The summed E-state index contributed by atoms with van der Waals surface area (Å²) in [7, 11) is 0. The molecule has 0 bridgehead atoms. The van der Waals surface area contributed by atoms with Crippen molar-refractivity contribution in [2.75, 3.05) is 0 Å². The molecule has 2 atom stereocenters. The average Bonchev–Trinajstić information content (AvgIpc) is 2.70. The van der Waals surface area contributed by atoms with Crippen LogP contribution in [0, 0.1) is 0 Å². The summed E-state index contributed by atoms with van der Waals surface area (Å²) in [6.45, 7) is 0. The molecule has 2 nitrogen and oxygen atoms in total. The van der Waals surface area contributed by atoms with Gasteiger partial charge in [0.1, 0.15) is 4.49 Å². The maximum atomic E-state index is 13.5. The van der Waals surface area contributed by atoms with Crippen LogP contribution in [0.2, 0.25) is 10.0 Å². The van der Waals surface area contributed by atoms with Crippen molar-refractivity contribution in [1.82, 2.24) is 5.32 Å². The Kier molecular flexibility index (Phi) is 8.32. The van der Waals surface area contributed by atoms with Crippen molar-refractivity contribution in [3.8, 4) is 0 Å². The highest BCUT2D eigenvalue weighted by Gasteiger charge is 2.32. The molecule has 0 aliphatic heterocycles. The fourth-order valence-electron chi connectivity index (χ4n) is 3.94. The summed E-state index contributed by atoms with van der Waals surface area (Å²) in [5.74, 6) is -0.880. The molecule has 29 heavy (non-hydrogen) atoms. The number of carbonyl (C=O) groups excluding carboxylic acids is 1. The van der Waals surface area contributed by atoms with Gasteiger partial charge in [0.25, 0.3) is 0 Å². The molecule has 0 heterocycles. The van der Waals surface area contributed by atoms with Crippen LogP contribution in [0.1, 0.15) is 55.1 Å². The van der Waals surface area contributed by atoms with Crippen molar-refractivity contribution >= 4 is 52.3 Å². The number of halogens is 4. The van der Waals surface area contributed by atoms with Gasteiger partial charge in [0.2, 0.25) is 5.91 Å². The lowest BCUT2D eigenvalue weighted by molar-refractivity contribution is -0.123. The fourth-order valence-corrected chi connectivity index (χ4v) is 4.46. The molecule has 0 aromatic heterocycles. The van der Waals surface area contributed by atoms with Gasteiger partial charge in [-0.25, -0.2) is 0 Å². The van der Waals surface area contributed by atoms with E-state index in [1.165, 1.54) is 6.42 Å². The van der Waals surface area contributed by atoms with Crippen LogP contribution in [0.5, 0.6) is 0 Å². The Morgan fingerprint density at radius 3 is 1.90 bits per heavy atom. The Morgan fingerprint density at radius 2 is 1.38 bits per heavy atom. The first-order valence-electron chi connectivity index (χ1n) is 9.78. The highest BCUT2D eigenvalue weighted by Crippen LogP contribution is 2.38. The Morgan fingerprint density at radius 1 is 0.862 bits per heavy atom. The van der Waals surface area contributed by atoms with E-state index in [0.29, 0.717) is 10.0 Å². The van der Waals surface area contributed by atoms with E-state index in [2.05, 4.69) is 5.32 Å². The van der Waals surface area contributed by atoms with Crippen LogP contribution < -0.4 is 5.32 Å². The molecule has 3 rings (SSSR count). The molecule has 0 spiro atoms. The molecule has 2 unspecified atom stereocenters. The molecule has 2 aromatic rings. The third-order valence-electron chi connectivity index (χ3n) is 5.38. The topological polar surface area (TPSA) is 29.1 Å². The normalized spacial score (nSPS) is 16.7. The average molecular weight is 471 g/mol. The van der Waals surface area contributed by atoms with Crippen molar-refractivity contribution < 1.29 is 4.79 Å². The predicted molar refractivity (Wildman–Crippen MR) is 123 cm³/mol. The monoisotopic (exact) mass is 469 g/mol. The Labute approximate surface area is 192 Å². The summed E-state index contributed by atoms with van der Waals surface area (Å²) in [5.41, 5.74) is 1.76. The zero-order valence-corrected chi connectivity index (χ0v) is 18.9. The van der Waals surface area contributed by atoms with Crippen molar-refractivity contribution in [1.29, 1.82) is 0 Å². The highest BCUT2D eigenvalue weighted by atomic mass is 35.5. The van der Waals surface area contributed by atoms with Gasteiger partial charge in [0.05, 0.1) is 5.92 Å². The van der Waals surface area contributed by atoms with Gasteiger partial charge in [-0.05, 0) is 54.3 Å². The molecule has 154 valence electrons. The molecule has 2 aromatic carbocycles. The molecule has 0 saturated heterocycles. The van der Waals surface area contributed by atoms with E-state index < -0.39 is 5.92 Å². The molecule has 1 aliphatic carbocycles. The van der Waals surface area contributed by atoms with E-state index in [1.54, 1.807) is 30.3 Å². The quantitative estimate of drug-likeness (QED) is 0.461. The Bertz CT molecular complexity index is 838. The molecular weight excluding hydrogens is 448 g/mol. The second-order valence-corrected chi connectivity index (χ2v) is 9.29. The lowest BCUT2D eigenvalue weighted by atomic mass is 9.80. The fraction of sp³-hybridized carbons (Fsp3) is 0.348. The summed E-state index contributed by atoms with van der Waals surface area (Å²) in [4.78, 5) is 13.5. The van der Waals surface area contributed by atoms with Crippen LogP contribution in [0.3, 0.4) is 0 Å². The van der Waals surface area contributed by atoms with Crippen LogP contribution in [0.25, 0.3) is 0 Å². The van der Waals surface area contributed by atoms with Crippen molar-refractivity contribution in [2.45, 2.75) is 50.0 Å². The first-order chi connectivity index (χ1) is 13.9. The van der Waals surface area contributed by atoms with Gasteiger partial charge in [-0.1, -0.05) is 89.9 Å². The molecule has 1 saturated carbocycles. The summed E-state index contributed by atoms with van der Waals surface area (Å²) < 4.78 is 0.120. The first-order valence-corrected chi connectivity index (χ1v) is 11.3. The minimum atomic E-state index is -0.497. The van der Waals surface area contributed by atoms with Gasteiger partial charge in [0, 0.05) is 22.0 Å². The minimum Gasteiger partial charge on any atom is -0.353 e. The zero-order chi connectivity index (χ0) is 20.8. The maximum absolute atomic E-state index is 13.5. The van der Waals surface area contributed by atoms with Gasteiger partial charge in [-0.15, -0.1) is 0 Å². The van der Waals surface area contributed by atoms with Crippen LogP contribution in [0.15, 0.2) is 59.1 Å². The standard InChI is InChI=1S/C23H23Cl4NO/c24-17-10-6-15(7-11-17)20(14-21(26)27)22(16-8-12-18(25)13-9-16)23(29)28-19-4-2-1-3-5-19/h6-14,19-20,22H,1-5H2,(H,28,29). The number of carbonyl (C=O) groups is 1. The van der Waals surface area contributed by atoms with E-state index in [-0.39, 0.29) is 22.4 Å². The number of hydrogen-bond donors (Lipinski definition) is 1. The van der Waals surface area contributed by atoms with Crippen molar-refractivity contribution in [2.24, 2.45) is 0 Å². The Balaban J connectivity index is 2.00. The van der Waals surface area contributed by atoms with E-state index >= 15 is 0 Å². The second kappa shape index (κ2) is 10.7. The van der Waals surface area contributed by atoms with Gasteiger partial charge < -0.3 is 5.32 Å². The molecule has 0 radical (unpaired) electrons. The summed E-state index contributed by atoms with van der Waals surface area (Å²) in [6.07, 6.45) is 7.25. The number of rotatable bonds is 6. The smallest absolute Gasteiger partial charge is 0.228 e. The lowest BCUT2D eigenvalue weighted by Crippen LogP contribution is -2.40. The number of amides is 1. The lowest BCUT2D eigenvalue weighted by Gasteiger charge is -2.29.